The first-order valence-corrected chi connectivity index (χ1v) is 6.86. The van der Waals surface area contributed by atoms with Crippen molar-refractivity contribution in [3.63, 3.8) is 0 Å². The predicted octanol–water partition coefficient (Wildman–Crippen LogP) is 3.03. The zero-order valence-electron chi connectivity index (χ0n) is 10.6. The van der Waals surface area contributed by atoms with Gasteiger partial charge in [0.15, 0.2) is 0 Å². The van der Waals surface area contributed by atoms with E-state index in [0.717, 1.165) is 17.5 Å². The lowest BCUT2D eigenvalue weighted by molar-refractivity contribution is -0.117. The molecule has 1 aromatic carbocycles. The molecule has 0 saturated heterocycles. The number of carbonyl (C=O) groups is 1. The summed E-state index contributed by atoms with van der Waals surface area (Å²) in [5.74, 6) is 2.46. The van der Waals surface area contributed by atoms with Gasteiger partial charge in [0.05, 0.1) is 0 Å². The van der Waals surface area contributed by atoms with Crippen LogP contribution in [0.2, 0.25) is 0 Å². The number of nitrogen functional groups attached to an aromatic ring is 1. The summed E-state index contributed by atoms with van der Waals surface area (Å²) in [6.45, 7) is 0. The number of anilines is 2. The maximum atomic E-state index is 12.0. The second kappa shape index (κ2) is 4.63. The Morgan fingerprint density at radius 1 is 1.33 bits per heavy atom. The standard InChI is InChI=1S/C15H20N2O/c16-13-2-1-3-14(9-13)17-15(18)8-12-7-10-4-5-11(12)6-10/h1-3,9-12H,4-8,16H2,(H,17,18). The van der Waals surface area contributed by atoms with Gasteiger partial charge in [-0.3, -0.25) is 4.79 Å². The van der Waals surface area contributed by atoms with Crippen LogP contribution in [0, 0.1) is 17.8 Å². The van der Waals surface area contributed by atoms with Crippen LogP contribution in [0.4, 0.5) is 11.4 Å². The first-order chi connectivity index (χ1) is 8.70. The average Bonchev–Trinajstić information content (AvgIpc) is 2.90. The molecule has 3 N–H and O–H groups in total. The minimum absolute atomic E-state index is 0.137. The smallest absolute Gasteiger partial charge is 0.224 e. The van der Waals surface area contributed by atoms with Crippen molar-refractivity contribution in [1.82, 2.24) is 0 Å². The molecule has 3 atom stereocenters. The van der Waals surface area contributed by atoms with E-state index in [1.807, 2.05) is 18.2 Å². The Morgan fingerprint density at radius 3 is 2.89 bits per heavy atom. The largest absolute Gasteiger partial charge is 0.399 e. The molecule has 1 aromatic rings. The van der Waals surface area contributed by atoms with Gasteiger partial charge in [-0.2, -0.15) is 0 Å². The molecule has 2 fully saturated rings. The fraction of sp³-hybridized carbons (Fsp3) is 0.533. The summed E-state index contributed by atoms with van der Waals surface area (Å²) in [4.78, 5) is 12.0. The molecular weight excluding hydrogens is 224 g/mol. The van der Waals surface area contributed by atoms with Gasteiger partial charge >= 0.3 is 0 Å². The van der Waals surface area contributed by atoms with Gasteiger partial charge in [-0.05, 0) is 55.2 Å². The number of hydrogen-bond donors (Lipinski definition) is 2. The van der Waals surface area contributed by atoms with Crippen LogP contribution < -0.4 is 11.1 Å². The number of rotatable bonds is 3. The molecule has 18 heavy (non-hydrogen) atoms. The van der Waals surface area contributed by atoms with Gasteiger partial charge in [0.1, 0.15) is 0 Å². The number of nitrogens with two attached hydrogens (primary N) is 1. The highest BCUT2D eigenvalue weighted by molar-refractivity contribution is 5.91. The van der Waals surface area contributed by atoms with Crippen LogP contribution in [0.3, 0.4) is 0 Å². The van der Waals surface area contributed by atoms with Crippen molar-refractivity contribution < 1.29 is 4.79 Å². The third kappa shape index (κ3) is 2.35. The van der Waals surface area contributed by atoms with Gasteiger partial charge in [0.25, 0.3) is 0 Å². The first-order valence-electron chi connectivity index (χ1n) is 6.86. The van der Waals surface area contributed by atoms with Gasteiger partial charge < -0.3 is 11.1 Å². The topological polar surface area (TPSA) is 55.1 Å². The second-order valence-electron chi connectivity index (χ2n) is 5.81. The SMILES string of the molecule is Nc1cccc(NC(=O)CC2CC3CCC2C3)c1. The van der Waals surface area contributed by atoms with Gasteiger partial charge in [0, 0.05) is 17.8 Å². The Kier molecular flexibility index (Phi) is 2.98. The molecule has 0 spiro atoms. The minimum atomic E-state index is 0.137. The maximum Gasteiger partial charge on any atom is 0.224 e. The number of fused-ring (bicyclic) bond motifs is 2. The highest BCUT2D eigenvalue weighted by atomic mass is 16.1. The van der Waals surface area contributed by atoms with E-state index in [-0.39, 0.29) is 5.91 Å². The molecule has 2 bridgehead atoms. The van der Waals surface area contributed by atoms with E-state index >= 15 is 0 Å². The molecule has 3 rings (SSSR count). The molecule has 3 heteroatoms. The Balaban J connectivity index is 1.56. The zero-order valence-corrected chi connectivity index (χ0v) is 10.6. The van der Waals surface area contributed by atoms with E-state index in [1.54, 1.807) is 6.07 Å². The molecule has 96 valence electrons. The maximum absolute atomic E-state index is 12.0. The summed E-state index contributed by atoms with van der Waals surface area (Å²) in [7, 11) is 0. The molecule has 3 unspecified atom stereocenters. The molecule has 2 saturated carbocycles. The summed E-state index contributed by atoms with van der Waals surface area (Å²) in [6.07, 6.45) is 6.01. The third-order valence-electron chi connectivity index (χ3n) is 4.50. The predicted molar refractivity (Wildman–Crippen MR) is 73.0 cm³/mol. The number of benzene rings is 1. The number of hydrogen-bond acceptors (Lipinski definition) is 2. The lowest BCUT2D eigenvalue weighted by Gasteiger charge is -2.20. The number of carbonyl (C=O) groups excluding carboxylic acids is 1. The summed E-state index contributed by atoms with van der Waals surface area (Å²) in [5, 5.41) is 2.95. The molecule has 3 nitrogen and oxygen atoms in total. The molecular formula is C15H20N2O. The van der Waals surface area contributed by atoms with Gasteiger partial charge in [-0.1, -0.05) is 12.5 Å². The van der Waals surface area contributed by atoms with Gasteiger partial charge in [-0.25, -0.2) is 0 Å². The normalized spacial score (nSPS) is 29.4. The van der Waals surface area contributed by atoms with Crippen LogP contribution in [-0.4, -0.2) is 5.91 Å². The van der Waals surface area contributed by atoms with Gasteiger partial charge in [0.2, 0.25) is 5.91 Å². The Bertz CT molecular complexity index is 458. The summed E-state index contributed by atoms with van der Waals surface area (Å²) >= 11 is 0. The molecule has 2 aliphatic carbocycles. The average molecular weight is 244 g/mol. The highest BCUT2D eigenvalue weighted by Crippen LogP contribution is 2.49. The Labute approximate surface area is 108 Å². The van der Waals surface area contributed by atoms with Crippen molar-refractivity contribution >= 4 is 17.3 Å². The molecule has 0 radical (unpaired) electrons. The van der Waals surface area contributed by atoms with Crippen molar-refractivity contribution in [2.75, 3.05) is 11.1 Å². The van der Waals surface area contributed by atoms with Crippen molar-refractivity contribution in [3.8, 4) is 0 Å². The van der Waals surface area contributed by atoms with E-state index < -0.39 is 0 Å². The van der Waals surface area contributed by atoms with E-state index in [9.17, 15) is 4.79 Å². The van der Waals surface area contributed by atoms with Gasteiger partial charge in [-0.15, -0.1) is 0 Å². The monoisotopic (exact) mass is 244 g/mol. The van der Waals surface area contributed by atoms with Crippen LogP contribution in [0.15, 0.2) is 24.3 Å². The summed E-state index contributed by atoms with van der Waals surface area (Å²) in [5.41, 5.74) is 7.19. The molecule has 1 amide bonds. The highest BCUT2D eigenvalue weighted by Gasteiger charge is 2.40. The van der Waals surface area contributed by atoms with Crippen LogP contribution >= 0.6 is 0 Å². The van der Waals surface area contributed by atoms with Crippen LogP contribution in [0.5, 0.6) is 0 Å². The van der Waals surface area contributed by atoms with Crippen LogP contribution in [0.1, 0.15) is 32.1 Å². The van der Waals surface area contributed by atoms with Crippen molar-refractivity contribution in [2.24, 2.45) is 17.8 Å². The zero-order chi connectivity index (χ0) is 12.5. The van der Waals surface area contributed by atoms with Crippen LogP contribution in [0.25, 0.3) is 0 Å². The van der Waals surface area contributed by atoms with E-state index in [4.69, 9.17) is 5.73 Å². The number of nitrogens with one attached hydrogen (secondary N) is 1. The summed E-state index contributed by atoms with van der Waals surface area (Å²) in [6, 6.07) is 7.38. The molecule has 0 aromatic heterocycles. The second-order valence-corrected chi connectivity index (χ2v) is 5.81. The molecule has 2 aliphatic rings. The lowest BCUT2D eigenvalue weighted by atomic mass is 9.86. The van der Waals surface area contributed by atoms with E-state index in [1.165, 1.54) is 25.7 Å². The molecule has 0 heterocycles. The van der Waals surface area contributed by atoms with Crippen molar-refractivity contribution in [3.05, 3.63) is 24.3 Å². The minimum Gasteiger partial charge on any atom is -0.399 e. The fourth-order valence-electron chi connectivity index (χ4n) is 3.69. The Morgan fingerprint density at radius 2 is 2.22 bits per heavy atom. The van der Waals surface area contributed by atoms with E-state index in [0.29, 0.717) is 18.0 Å². The van der Waals surface area contributed by atoms with Crippen LogP contribution in [-0.2, 0) is 4.79 Å². The Hall–Kier alpha value is -1.51. The lowest BCUT2D eigenvalue weighted by Crippen LogP contribution is -2.20. The quantitative estimate of drug-likeness (QED) is 0.803. The van der Waals surface area contributed by atoms with E-state index in [2.05, 4.69) is 5.32 Å². The first kappa shape index (κ1) is 11.6. The number of amides is 1. The third-order valence-corrected chi connectivity index (χ3v) is 4.50. The fourth-order valence-corrected chi connectivity index (χ4v) is 3.69. The van der Waals surface area contributed by atoms with Crippen molar-refractivity contribution in [2.45, 2.75) is 32.1 Å². The molecule has 0 aliphatic heterocycles. The summed E-state index contributed by atoms with van der Waals surface area (Å²) < 4.78 is 0. The van der Waals surface area contributed by atoms with Crippen molar-refractivity contribution in [1.29, 1.82) is 0 Å².